The van der Waals surface area contributed by atoms with E-state index in [4.69, 9.17) is 4.74 Å². The van der Waals surface area contributed by atoms with E-state index >= 15 is 0 Å². The van der Waals surface area contributed by atoms with Crippen molar-refractivity contribution >= 4 is 43.2 Å². The molecule has 0 aliphatic carbocycles. The summed E-state index contributed by atoms with van der Waals surface area (Å²) in [6.07, 6.45) is 0.0212. The Hall–Kier alpha value is -0.360. The largest absolute Gasteiger partial charge is 0.496 e. The van der Waals surface area contributed by atoms with Gasteiger partial charge in [-0.1, -0.05) is 15.9 Å². The van der Waals surface area contributed by atoms with Crippen LogP contribution in [-0.2, 0) is 6.42 Å². The molecule has 1 heterocycles. The van der Waals surface area contributed by atoms with E-state index in [9.17, 15) is 5.11 Å². The molecule has 0 fully saturated rings. The number of ether oxygens (including phenoxy) is 1. The van der Waals surface area contributed by atoms with Crippen LogP contribution in [0.1, 0.15) is 21.4 Å². The van der Waals surface area contributed by atoms with Gasteiger partial charge in [-0.15, -0.1) is 11.3 Å². The molecule has 0 amide bonds. The Bertz CT molecular complexity index is 561. The molecule has 1 aromatic carbocycles. The molecule has 0 bridgehead atoms. The van der Waals surface area contributed by atoms with Gasteiger partial charge >= 0.3 is 0 Å². The summed E-state index contributed by atoms with van der Waals surface area (Å²) in [7, 11) is 1.64. The molecule has 1 N–H and O–H groups in total. The topological polar surface area (TPSA) is 29.5 Å². The number of hydrogen-bond donors (Lipinski definition) is 1. The smallest absolute Gasteiger partial charge is 0.122 e. The third kappa shape index (κ3) is 3.60. The quantitative estimate of drug-likeness (QED) is 0.786. The predicted octanol–water partition coefficient (Wildman–Crippen LogP) is 4.87. The maximum Gasteiger partial charge on any atom is 0.122 e. The Morgan fingerprint density at radius 3 is 2.63 bits per heavy atom. The maximum absolute atomic E-state index is 10.3. The monoisotopic (exact) mass is 404 g/mol. The van der Waals surface area contributed by atoms with Gasteiger partial charge in [0.1, 0.15) is 5.75 Å². The lowest BCUT2D eigenvalue weighted by atomic mass is 10.1. The fourth-order valence-electron chi connectivity index (χ4n) is 1.86. The summed E-state index contributed by atoms with van der Waals surface area (Å²) in [5, 5.41) is 10.3. The van der Waals surface area contributed by atoms with E-state index in [-0.39, 0.29) is 0 Å². The summed E-state index contributed by atoms with van der Waals surface area (Å²) < 4.78 is 7.36. The molecule has 2 nitrogen and oxygen atoms in total. The lowest BCUT2D eigenvalue weighted by Gasteiger charge is -2.12. The maximum atomic E-state index is 10.3. The van der Waals surface area contributed by atoms with Crippen LogP contribution in [0.5, 0.6) is 5.75 Å². The average molecular weight is 406 g/mol. The van der Waals surface area contributed by atoms with Crippen molar-refractivity contribution in [3.8, 4) is 5.75 Å². The summed E-state index contributed by atoms with van der Waals surface area (Å²) >= 11 is 8.53. The van der Waals surface area contributed by atoms with Gasteiger partial charge in [-0.25, -0.2) is 0 Å². The van der Waals surface area contributed by atoms with E-state index in [1.807, 2.05) is 31.2 Å². The Morgan fingerprint density at radius 2 is 2.05 bits per heavy atom. The van der Waals surface area contributed by atoms with Crippen LogP contribution in [0.4, 0.5) is 0 Å². The molecular formula is C14H14Br2O2S. The number of aliphatic hydroxyl groups is 1. The van der Waals surface area contributed by atoms with Gasteiger partial charge in [-0.05, 0) is 52.7 Å². The van der Waals surface area contributed by atoms with E-state index in [1.165, 1.54) is 4.88 Å². The molecular weight excluding hydrogens is 392 g/mol. The molecule has 0 saturated heterocycles. The number of rotatable bonds is 4. The fourth-order valence-corrected chi connectivity index (χ4v) is 3.82. The van der Waals surface area contributed by atoms with Gasteiger partial charge in [0, 0.05) is 25.1 Å². The highest BCUT2D eigenvalue weighted by Crippen LogP contribution is 2.34. The third-order valence-electron chi connectivity index (χ3n) is 2.86. The second-order valence-electron chi connectivity index (χ2n) is 4.23. The van der Waals surface area contributed by atoms with Gasteiger partial charge in [0.05, 0.1) is 13.2 Å². The summed E-state index contributed by atoms with van der Waals surface area (Å²) in [6.45, 7) is 2.03. The zero-order valence-corrected chi connectivity index (χ0v) is 14.6. The van der Waals surface area contributed by atoms with Crippen LogP contribution in [0.3, 0.4) is 0 Å². The second kappa shape index (κ2) is 6.39. The molecule has 2 rings (SSSR count). The molecule has 5 heteroatoms. The molecule has 102 valence electrons. The predicted molar refractivity (Wildman–Crippen MR) is 86.1 cm³/mol. The summed E-state index contributed by atoms with van der Waals surface area (Å²) in [4.78, 5) is 2.14. The van der Waals surface area contributed by atoms with Gasteiger partial charge in [0.2, 0.25) is 0 Å². The number of aryl methyl sites for hydroxylation is 1. The number of aliphatic hydroxyl groups excluding tert-OH is 1. The first-order valence-corrected chi connectivity index (χ1v) is 8.18. The Balaban J connectivity index is 2.23. The van der Waals surface area contributed by atoms with Crippen LogP contribution in [-0.4, -0.2) is 12.2 Å². The van der Waals surface area contributed by atoms with Crippen LogP contribution in [0, 0.1) is 6.92 Å². The van der Waals surface area contributed by atoms with Crippen molar-refractivity contribution in [2.75, 3.05) is 7.11 Å². The highest BCUT2D eigenvalue weighted by molar-refractivity contribution is 9.10. The van der Waals surface area contributed by atoms with E-state index in [0.717, 1.165) is 25.1 Å². The first-order chi connectivity index (χ1) is 9.01. The van der Waals surface area contributed by atoms with E-state index < -0.39 is 6.10 Å². The number of thiophene rings is 1. The minimum atomic E-state index is -0.516. The molecule has 1 aromatic heterocycles. The zero-order chi connectivity index (χ0) is 14.0. The van der Waals surface area contributed by atoms with Crippen molar-refractivity contribution < 1.29 is 9.84 Å². The molecule has 0 saturated carbocycles. The van der Waals surface area contributed by atoms with Gasteiger partial charge in [0.15, 0.2) is 0 Å². The molecule has 0 aliphatic rings. The highest BCUT2D eigenvalue weighted by atomic mass is 79.9. The fraction of sp³-hybridized carbons (Fsp3) is 0.286. The van der Waals surface area contributed by atoms with Gasteiger partial charge < -0.3 is 9.84 Å². The van der Waals surface area contributed by atoms with Crippen LogP contribution in [0.25, 0.3) is 0 Å². The van der Waals surface area contributed by atoms with Crippen LogP contribution < -0.4 is 4.74 Å². The first kappa shape index (κ1) is 15.0. The summed E-state index contributed by atoms with van der Waals surface area (Å²) in [5.74, 6) is 0.801. The number of halogens is 2. The summed E-state index contributed by atoms with van der Waals surface area (Å²) in [5.41, 5.74) is 0.992. The molecule has 0 spiro atoms. The lowest BCUT2D eigenvalue weighted by Crippen LogP contribution is -2.01. The van der Waals surface area contributed by atoms with Crippen LogP contribution in [0.15, 0.2) is 33.2 Å². The molecule has 19 heavy (non-hydrogen) atoms. The molecule has 1 atom stereocenters. The molecule has 0 aliphatic heterocycles. The van der Waals surface area contributed by atoms with Crippen molar-refractivity contribution in [1.82, 2.24) is 0 Å². The van der Waals surface area contributed by atoms with Crippen molar-refractivity contribution in [2.45, 2.75) is 19.4 Å². The average Bonchev–Trinajstić information content (AvgIpc) is 2.70. The van der Waals surface area contributed by atoms with Crippen molar-refractivity contribution in [2.24, 2.45) is 0 Å². The number of methoxy groups -OCH3 is 1. The Kier molecular flexibility index (Phi) is 5.06. The zero-order valence-electron chi connectivity index (χ0n) is 10.6. The van der Waals surface area contributed by atoms with Crippen LogP contribution >= 0.6 is 43.2 Å². The lowest BCUT2D eigenvalue weighted by molar-refractivity contribution is 0.181. The minimum absolute atomic E-state index is 0.516. The Morgan fingerprint density at radius 1 is 1.32 bits per heavy atom. The van der Waals surface area contributed by atoms with Crippen LogP contribution in [0.2, 0.25) is 0 Å². The number of hydrogen-bond acceptors (Lipinski definition) is 3. The standard InChI is InChI=1S/C14H14Br2O2S/c1-8-11(16)7-14(19-8)12(17)6-9-5-10(15)3-4-13(9)18-2/h3-5,7,12,17H,6H2,1-2H3. The van der Waals surface area contributed by atoms with Crippen molar-refractivity contribution in [3.05, 3.63) is 48.5 Å². The van der Waals surface area contributed by atoms with E-state index in [1.54, 1.807) is 18.4 Å². The third-order valence-corrected chi connectivity index (χ3v) is 5.59. The Labute approximate surface area is 133 Å². The van der Waals surface area contributed by atoms with Crippen molar-refractivity contribution in [1.29, 1.82) is 0 Å². The van der Waals surface area contributed by atoms with E-state index in [0.29, 0.717) is 6.42 Å². The number of benzene rings is 1. The minimum Gasteiger partial charge on any atom is -0.496 e. The van der Waals surface area contributed by atoms with Gasteiger partial charge in [0.25, 0.3) is 0 Å². The first-order valence-electron chi connectivity index (χ1n) is 5.77. The normalized spacial score (nSPS) is 12.5. The van der Waals surface area contributed by atoms with Crippen molar-refractivity contribution in [3.63, 3.8) is 0 Å². The van der Waals surface area contributed by atoms with Gasteiger partial charge in [-0.2, -0.15) is 0 Å². The SMILES string of the molecule is COc1ccc(Br)cc1CC(O)c1cc(Br)c(C)s1. The second-order valence-corrected chi connectivity index (χ2v) is 7.29. The molecule has 1 unspecified atom stereocenters. The molecule has 0 radical (unpaired) electrons. The highest BCUT2D eigenvalue weighted by Gasteiger charge is 2.15. The van der Waals surface area contributed by atoms with Gasteiger partial charge in [-0.3, -0.25) is 0 Å². The van der Waals surface area contributed by atoms with E-state index in [2.05, 4.69) is 31.9 Å². The molecule has 2 aromatic rings. The summed E-state index contributed by atoms with van der Waals surface area (Å²) in [6, 6.07) is 7.80.